The van der Waals surface area contributed by atoms with Crippen LogP contribution in [0.2, 0.25) is 0 Å². The first-order chi connectivity index (χ1) is 13.4. The largest absolute Gasteiger partial charge is 0.476 e. The van der Waals surface area contributed by atoms with Gasteiger partial charge in [-0.2, -0.15) is 0 Å². The lowest BCUT2D eigenvalue weighted by Gasteiger charge is -2.37. The first-order valence-electron chi connectivity index (χ1n) is 9.52. The summed E-state index contributed by atoms with van der Waals surface area (Å²) in [6, 6.07) is 8.72. The van der Waals surface area contributed by atoms with Crippen molar-refractivity contribution in [3.8, 4) is 5.75 Å². The highest BCUT2D eigenvalue weighted by Gasteiger charge is 2.39. The van der Waals surface area contributed by atoms with E-state index in [9.17, 15) is 13.2 Å². The fraction of sp³-hybridized carbons (Fsp3) is 0.450. The molecule has 1 aromatic carbocycles. The van der Waals surface area contributed by atoms with Gasteiger partial charge in [-0.3, -0.25) is 9.10 Å². The Bertz CT molecular complexity index is 993. The minimum atomic E-state index is -3.79. The third kappa shape index (κ3) is 3.39. The highest BCUT2D eigenvalue weighted by Crippen LogP contribution is 2.39. The van der Waals surface area contributed by atoms with E-state index >= 15 is 0 Å². The van der Waals surface area contributed by atoms with Crippen LogP contribution in [0.5, 0.6) is 5.75 Å². The Labute approximate surface area is 169 Å². The van der Waals surface area contributed by atoms with Crippen molar-refractivity contribution in [1.29, 1.82) is 0 Å². The van der Waals surface area contributed by atoms with E-state index in [0.717, 1.165) is 29.0 Å². The van der Waals surface area contributed by atoms with Crippen molar-refractivity contribution in [2.75, 3.05) is 23.9 Å². The van der Waals surface area contributed by atoms with Crippen molar-refractivity contribution in [1.82, 2.24) is 4.90 Å². The number of benzene rings is 1. The summed E-state index contributed by atoms with van der Waals surface area (Å²) < 4.78 is 34.3. The van der Waals surface area contributed by atoms with E-state index in [4.69, 9.17) is 4.74 Å². The quantitative estimate of drug-likeness (QED) is 0.764. The molecule has 0 N–H and O–H groups in total. The number of carbonyl (C=O) groups excluding carboxylic acids is 1. The highest BCUT2D eigenvalue weighted by atomic mass is 32.2. The lowest BCUT2D eigenvalue weighted by molar-refractivity contribution is -0.139. The molecule has 0 unspecified atom stereocenters. The number of ether oxygens (including phenoxy) is 1. The van der Waals surface area contributed by atoms with Crippen LogP contribution in [-0.2, 0) is 14.8 Å². The van der Waals surface area contributed by atoms with E-state index in [0.29, 0.717) is 29.4 Å². The van der Waals surface area contributed by atoms with Crippen LogP contribution in [0.1, 0.15) is 29.0 Å². The number of carbonyl (C=O) groups is 1. The average molecular weight is 421 g/mol. The zero-order valence-electron chi connectivity index (χ0n) is 16.1. The molecule has 2 aliphatic rings. The van der Waals surface area contributed by atoms with Crippen LogP contribution in [0.25, 0.3) is 0 Å². The summed E-state index contributed by atoms with van der Waals surface area (Å²) >= 11 is 1.46. The number of hydrogen-bond donors (Lipinski definition) is 0. The van der Waals surface area contributed by atoms with Gasteiger partial charge >= 0.3 is 0 Å². The molecule has 1 atom stereocenters. The molecule has 2 aliphatic heterocycles. The van der Waals surface area contributed by atoms with Crippen LogP contribution in [0.15, 0.2) is 35.2 Å². The lowest BCUT2D eigenvalue weighted by Crippen LogP contribution is -2.52. The Balaban J connectivity index is 1.71. The van der Waals surface area contributed by atoms with Crippen molar-refractivity contribution in [3.63, 3.8) is 0 Å². The molecule has 1 fully saturated rings. The molecule has 4 rings (SSSR count). The molecular weight excluding hydrogens is 396 g/mol. The van der Waals surface area contributed by atoms with Crippen LogP contribution < -0.4 is 9.04 Å². The molecule has 2 aromatic rings. The molecule has 0 radical (unpaired) electrons. The number of thiophene rings is 1. The maximum Gasteiger partial charge on any atom is 0.265 e. The van der Waals surface area contributed by atoms with Crippen molar-refractivity contribution in [3.05, 3.63) is 40.1 Å². The Morgan fingerprint density at radius 2 is 1.86 bits per heavy atom. The average Bonchev–Trinajstić information content (AvgIpc) is 3.06. The van der Waals surface area contributed by atoms with Crippen molar-refractivity contribution in [2.45, 2.75) is 44.1 Å². The number of amides is 1. The highest BCUT2D eigenvalue weighted by molar-refractivity contribution is 7.93. The van der Waals surface area contributed by atoms with Crippen molar-refractivity contribution >= 4 is 33.0 Å². The molecule has 6 nitrogen and oxygen atoms in total. The van der Waals surface area contributed by atoms with Gasteiger partial charge in [0.05, 0.1) is 12.2 Å². The number of hydrogen-bond acceptors (Lipinski definition) is 5. The van der Waals surface area contributed by atoms with Gasteiger partial charge < -0.3 is 9.64 Å². The molecule has 0 bridgehead atoms. The van der Waals surface area contributed by atoms with Crippen LogP contribution in [0.4, 0.5) is 5.69 Å². The smallest absolute Gasteiger partial charge is 0.265 e. The van der Waals surface area contributed by atoms with Gasteiger partial charge in [-0.25, -0.2) is 8.42 Å². The fourth-order valence-electron chi connectivity index (χ4n) is 3.86. The van der Waals surface area contributed by atoms with Gasteiger partial charge in [0.1, 0.15) is 10.6 Å². The Morgan fingerprint density at radius 3 is 2.54 bits per heavy atom. The van der Waals surface area contributed by atoms with E-state index < -0.39 is 16.1 Å². The van der Waals surface area contributed by atoms with Gasteiger partial charge in [-0.15, -0.1) is 11.3 Å². The number of rotatable bonds is 3. The minimum Gasteiger partial charge on any atom is -0.476 e. The normalized spacial score (nSPS) is 19.9. The number of likely N-dealkylation sites (tertiary alicyclic amines) is 1. The summed E-state index contributed by atoms with van der Waals surface area (Å²) in [5, 5.41) is 0. The summed E-state index contributed by atoms with van der Waals surface area (Å²) in [5.74, 6) is 0.296. The van der Waals surface area contributed by atoms with Gasteiger partial charge in [0.2, 0.25) is 0 Å². The van der Waals surface area contributed by atoms with E-state index in [2.05, 4.69) is 0 Å². The van der Waals surface area contributed by atoms with Crippen molar-refractivity contribution < 1.29 is 17.9 Å². The molecule has 0 saturated carbocycles. The standard InChI is InChI=1S/C20H24N2O4S2/c1-14-12-19(15(2)27-14)28(24,25)22-13-18(20(23)21-10-6-3-7-11-21)26-17-9-5-4-8-16(17)22/h4-5,8-9,12,18H,3,6-7,10-11,13H2,1-2H3/t18-/m0/s1. The first kappa shape index (κ1) is 19.3. The van der Waals surface area contributed by atoms with Gasteiger partial charge in [-0.05, 0) is 51.3 Å². The Hall–Kier alpha value is -2.06. The van der Waals surface area contributed by atoms with Crippen molar-refractivity contribution in [2.24, 2.45) is 0 Å². The van der Waals surface area contributed by atoms with E-state index in [1.165, 1.54) is 15.6 Å². The maximum atomic E-state index is 13.5. The molecule has 0 spiro atoms. The maximum absolute atomic E-state index is 13.5. The second kappa shape index (κ2) is 7.40. The van der Waals surface area contributed by atoms with E-state index in [1.807, 2.05) is 13.8 Å². The molecule has 8 heteroatoms. The number of anilines is 1. The summed E-state index contributed by atoms with van der Waals surface area (Å²) in [5.41, 5.74) is 0.480. The number of piperidine rings is 1. The summed E-state index contributed by atoms with van der Waals surface area (Å²) in [4.78, 5) is 16.8. The SMILES string of the molecule is Cc1cc(S(=O)(=O)N2C[C@@H](C(=O)N3CCCCC3)Oc3ccccc32)c(C)s1. The van der Waals surface area contributed by atoms with E-state index in [-0.39, 0.29) is 12.5 Å². The van der Waals surface area contributed by atoms with Crippen LogP contribution in [-0.4, -0.2) is 45.0 Å². The van der Waals surface area contributed by atoms with E-state index in [1.54, 1.807) is 35.2 Å². The molecule has 150 valence electrons. The number of fused-ring (bicyclic) bond motifs is 1. The second-order valence-electron chi connectivity index (χ2n) is 7.27. The van der Waals surface area contributed by atoms with Gasteiger partial charge in [0.15, 0.2) is 6.10 Å². The molecule has 28 heavy (non-hydrogen) atoms. The zero-order valence-corrected chi connectivity index (χ0v) is 17.7. The Morgan fingerprint density at radius 1 is 1.14 bits per heavy atom. The van der Waals surface area contributed by atoms with Crippen LogP contribution in [0.3, 0.4) is 0 Å². The predicted molar refractivity (Wildman–Crippen MR) is 110 cm³/mol. The molecule has 1 aromatic heterocycles. The van der Waals surface area contributed by atoms with Gasteiger partial charge in [0, 0.05) is 22.8 Å². The molecule has 0 aliphatic carbocycles. The predicted octanol–water partition coefficient (Wildman–Crippen LogP) is 3.33. The third-order valence-corrected chi connectivity index (χ3v) is 8.24. The monoisotopic (exact) mass is 420 g/mol. The zero-order chi connectivity index (χ0) is 19.9. The molecular formula is C20H24N2O4S2. The Kier molecular flexibility index (Phi) is 5.09. The second-order valence-corrected chi connectivity index (χ2v) is 10.6. The summed E-state index contributed by atoms with van der Waals surface area (Å²) in [6.07, 6.45) is 2.24. The van der Waals surface area contributed by atoms with Crippen LogP contribution in [0, 0.1) is 13.8 Å². The number of sulfonamides is 1. The number of aryl methyl sites for hydroxylation is 2. The topological polar surface area (TPSA) is 66.9 Å². The number of nitrogens with zero attached hydrogens (tertiary/aromatic N) is 2. The molecule has 1 amide bonds. The molecule has 3 heterocycles. The van der Waals surface area contributed by atoms with Gasteiger partial charge in [-0.1, -0.05) is 12.1 Å². The minimum absolute atomic E-state index is 0.0109. The summed E-state index contributed by atoms with van der Waals surface area (Å²) in [6.45, 7) is 5.11. The third-order valence-electron chi connectivity index (χ3n) is 5.24. The number of para-hydroxylation sites is 2. The van der Waals surface area contributed by atoms with Gasteiger partial charge in [0.25, 0.3) is 15.9 Å². The lowest BCUT2D eigenvalue weighted by atomic mass is 10.1. The molecule has 1 saturated heterocycles. The first-order valence-corrected chi connectivity index (χ1v) is 11.8. The fourth-order valence-corrected chi connectivity index (χ4v) is 6.86. The summed E-state index contributed by atoms with van der Waals surface area (Å²) in [7, 11) is -3.79. The van der Waals surface area contributed by atoms with Crippen LogP contribution >= 0.6 is 11.3 Å².